The molecule has 0 aromatic heterocycles. The highest BCUT2D eigenvalue weighted by molar-refractivity contribution is 6.42. The summed E-state index contributed by atoms with van der Waals surface area (Å²) in [5.41, 5.74) is -4.22. The molecular formula is C25H24Cl2F6N2O3. The second-order valence-corrected chi connectivity index (χ2v) is 10.7. The van der Waals surface area contributed by atoms with Crippen molar-refractivity contribution in [3.8, 4) is 0 Å². The number of alkyl halides is 6. The van der Waals surface area contributed by atoms with E-state index in [2.05, 4.69) is 5.32 Å². The highest BCUT2D eigenvalue weighted by Crippen LogP contribution is 2.37. The summed E-state index contributed by atoms with van der Waals surface area (Å²) in [4.78, 5) is 27.1. The highest BCUT2D eigenvalue weighted by atomic mass is 35.5. The topological polar surface area (TPSA) is 58.6 Å². The Morgan fingerprint density at radius 3 is 2.00 bits per heavy atom. The first-order valence-corrected chi connectivity index (χ1v) is 12.1. The Labute approximate surface area is 225 Å². The fourth-order valence-corrected chi connectivity index (χ4v) is 4.34. The number of likely N-dealkylation sites (tertiary alicyclic amines) is 1. The second-order valence-electron chi connectivity index (χ2n) is 9.87. The molecule has 1 saturated heterocycles. The zero-order valence-corrected chi connectivity index (χ0v) is 21.9. The van der Waals surface area contributed by atoms with Crippen molar-refractivity contribution in [1.82, 2.24) is 10.2 Å². The van der Waals surface area contributed by atoms with Crippen LogP contribution in [0.2, 0.25) is 10.0 Å². The number of halogens is 8. The molecule has 2 atom stereocenters. The molecule has 0 spiro atoms. The van der Waals surface area contributed by atoms with E-state index < -0.39 is 58.6 Å². The lowest BCUT2D eigenvalue weighted by molar-refractivity contribution is -0.143. The number of piperidine rings is 1. The molecule has 0 radical (unpaired) electrons. The van der Waals surface area contributed by atoms with E-state index in [0.717, 1.165) is 0 Å². The summed E-state index contributed by atoms with van der Waals surface area (Å²) in [6.45, 7) is 5.23. The van der Waals surface area contributed by atoms with E-state index in [9.17, 15) is 35.9 Å². The van der Waals surface area contributed by atoms with Crippen molar-refractivity contribution in [2.45, 2.75) is 57.1 Å². The number of carbonyl (C=O) groups is 2. The Morgan fingerprint density at radius 1 is 0.921 bits per heavy atom. The lowest BCUT2D eigenvalue weighted by atomic mass is 9.85. The molecule has 2 aromatic rings. The Balaban J connectivity index is 1.94. The molecule has 1 fully saturated rings. The van der Waals surface area contributed by atoms with Crippen LogP contribution >= 0.6 is 23.2 Å². The highest BCUT2D eigenvalue weighted by Gasteiger charge is 2.39. The third kappa shape index (κ3) is 7.47. The lowest BCUT2D eigenvalue weighted by Crippen LogP contribution is -2.52. The van der Waals surface area contributed by atoms with Crippen molar-refractivity contribution in [2.75, 3.05) is 13.1 Å². The number of amides is 2. The molecule has 0 saturated carbocycles. The van der Waals surface area contributed by atoms with Crippen molar-refractivity contribution in [3.63, 3.8) is 0 Å². The van der Waals surface area contributed by atoms with Gasteiger partial charge in [0.1, 0.15) is 5.60 Å². The number of carbonyl (C=O) groups excluding carboxylic acids is 2. The van der Waals surface area contributed by atoms with Crippen LogP contribution in [0.1, 0.15) is 60.2 Å². The van der Waals surface area contributed by atoms with Crippen LogP contribution in [0.4, 0.5) is 31.1 Å². The molecule has 2 amide bonds. The molecule has 0 bridgehead atoms. The molecule has 1 aliphatic rings. The molecule has 13 heteroatoms. The molecule has 1 aliphatic heterocycles. The molecule has 1 N–H and O–H groups in total. The molecule has 2 aromatic carbocycles. The van der Waals surface area contributed by atoms with E-state index >= 15 is 0 Å². The predicted octanol–water partition coefficient (Wildman–Crippen LogP) is 7.55. The summed E-state index contributed by atoms with van der Waals surface area (Å²) in [6, 6.07) is 4.58. The molecular weight excluding hydrogens is 561 g/mol. The summed E-state index contributed by atoms with van der Waals surface area (Å²) < 4.78 is 85.1. The smallest absolute Gasteiger partial charge is 0.416 e. The van der Waals surface area contributed by atoms with Gasteiger partial charge in [0.25, 0.3) is 5.91 Å². The van der Waals surface area contributed by atoms with Crippen molar-refractivity contribution in [1.29, 1.82) is 0 Å². The largest absolute Gasteiger partial charge is 0.444 e. The maximum Gasteiger partial charge on any atom is 0.416 e. The maximum absolute atomic E-state index is 13.3. The van der Waals surface area contributed by atoms with Gasteiger partial charge in [0.2, 0.25) is 0 Å². The Kier molecular flexibility index (Phi) is 8.53. The van der Waals surface area contributed by atoms with Gasteiger partial charge in [-0.15, -0.1) is 0 Å². The zero-order valence-electron chi connectivity index (χ0n) is 20.4. The lowest BCUT2D eigenvalue weighted by Gasteiger charge is -2.39. The molecule has 5 nitrogen and oxygen atoms in total. The van der Waals surface area contributed by atoms with Crippen molar-refractivity contribution in [3.05, 3.63) is 68.7 Å². The normalized spacial score (nSPS) is 18.8. The van der Waals surface area contributed by atoms with Crippen LogP contribution < -0.4 is 5.32 Å². The van der Waals surface area contributed by atoms with Gasteiger partial charge in [-0.25, -0.2) is 4.79 Å². The molecule has 1 unspecified atom stereocenters. The van der Waals surface area contributed by atoms with Gasteiger partial charge in [0.05, 0.1) is 21.2 Å². The van der Waals surface area contributed by atoms with Crippen LogP contribution in [-0.4, -0.2) is 41.6 Å². The monoisotopic (exact) mass is 584 g/mol. The van der Waals surface area contributed by atoms with Crippen molar-refractivity contribution < 1.29 is 40.7 Å². The first-order valence-electron chi connectivity index (χ1n) is 11.4. The maximum atomic E-state index is 13.3. The summed E-state index contributed by atoms with van der Waals surface area (Å²) >= 11 is 12.2. The van der Waals surface area contributed by atoms with Gasteiger partial charge in [0, 0.05) is 30.6 Å². The Bertz CT molecular complexity index is 1180. The van der Waals surface area contributed by atoms with E-state index in [1.165, 1.54) is 17.0 Å². The van der Waals surface area contributed by atoms with E-state index in [0.29, 0.717) is 17.7 Å². The van der Waals surface area contributed by atoms with Gasteiger partial charge in [-0.05, 0) is 63.1 Å². The number of hydrogen-bond donors (Lipinski definition) is 1. The first-order chi connectivity index (χ1) is 17.3. The van der Waals surface area contributed by atoms with E-state index in [1.54, 1.807) is 26.8 Å². The minimum absolute atomic E-state index is 0.0359. The molecule has 0 aliphatic carbocycles. The Morgan fingerprint density at radius 2 is 1.50 bits per heavy atom. The number of rotatable bonds is 3. The average Bonchev–Trinajstić information content (AvgIpc) is 2.78. The fraction of sp³-hybridized carbons (Fsp3) is 0.440. The number of hydrogen-bond acceptors (Lipinski definition) is 3. The summed E-state index contributed by atoms with van der Waals surface area (Å²) in [5.74, 6) is -1.75. The van der Waals surface area contributed by atoms with E-state index in [4.69, 9.17) is 27.9 Å². The molecule has 38 heavy (non-hydrogen) atoms. The molecule has 3 rings (SSSR count). The van der Waals surface area contributed by atoms with Gasteiger partial charge in [-0.3, -0.25) is 4.79 Å². The summed E-state index contributed by atoms with van der Waals surface area (Å²) in [7, 11) is 0. The second kappa shape index (κ2) is 10.8. The van der Waals surface area contributed by atoms with E-state index in [-0.39, 0.29) is 35.6 Å². The third-order valence-electron chi connectivity index (χ3n) is 5.80. The van der Waals surface area contributed by atoms with Gasteiger partial charge in [-0.2, -0.15) is 26.3 Å². The van der Waals surface area contributed by atoms with Crippen LogP contribution in [0.15, 0.2) is 36.4 Å². The van der Waals surface area contributed by atoms with Gasteiger partial charge in [-0.1, -0.05) is 29.3 Å². The van der Waals surface area contributed by atoms with Crippen molar-refractivity contribution in [2.24, 2.45) is 0 Å². The average molecular weight is 585 g/mol. The predicted molar refractivity (Wildman–Crippen MR) is 129 cm³/mol. The number of nitrogens with zero attached hydrogens (tertiary/aromatic N) is 1. The van der Waals surface area contributed by atoms with Gasteiger partial charge in [0.15, 0.2) is 0 Å². The quantitative estimate of drug-likeness (QED) is 0.379. The van der Waals surface area contributed by atoms with Gasteiger partial charge >= 0.3 is 18.4 Å². The number of ether oxygens (including phenoxy) is 1. The first kappa shape index (κ1) is 29.9. The summed E-state index contributed by atoms with van der Waals surface area (Å²) in [5, 5.41) is 2.99. The minimum atomic E-state index is -5.10. The number of nitrogens with one attached hydrogen (secondary N) is 1. The third-order valence-corrected chi connectivity index (χ3v) is 6.54. The minimum Gasteiger partial charge on any atom is -0.444 e. The molecule has 1 heterocycles. The van der Waals surface area contributed by atoms with Crippen LogP contribution in [-0.2, 0) is 17.1 Å². The fourth-order valence-electron chi connectivity index (χ4n) is 4.04. The van der Waals surface area contributed by atoms with Crippen LogP contribution in [0.3, 0.4) is 0 Å². The van der Waals surface area contributed by atoms with Crippen molar-refractivity contribution >= 4 is 35.2 Å². The van der Waals surface area contributed by atoms with Gasteiger partial charge < -0.3 is 15.0 Å². The SMILES string of the molecule is CC(C)(C)OC(=O)N1CC[C@@H](NC(=O)c2cc(C(F)(F)F)cc(C(F)(F)F)c2)C(c2ccc(Cl)c(Cl)c2)C1. The Hall–Kier alpha value is -2.66. The van der Waals surface area contributed by atoms with Crippen LogP contribution in [0.25, 0.3) is 0 Å². The van der Waals surface area contributed by atoms with E-state index in [1.807, 2.05) is 0 Å². The summed E-state index contributed by atoms with van der Waals surface area (Å²) in [6.07, 6.45) is -10.7. The van der Waals surface area contributed by atoms with Crippen LogP contribution in [0.5, 0.6) is 0 Å². The molecule has 208 valence electrons. The van der Waals surface area contributed by atoms with Crippen LogP contribution in [0, 0.1) is 0 Å². The standard InChI is InChI=1S/C25H24Cl2F6N2O3/c1-23(2,3)38-22(37)35-7-6-20(17(12-35)13-4-5-18(26)19(27)10-13)34-21(36)14-8-15(24(28,29)30)11-16(9-14)25(31,32)33/h4-5,8-11,17,20H,6-7,12H2,1-3H3,(H,34,36)/t17?,20-/m1/s1. The number of benzene rings is 2. The zero-order chi connectivity index (χ0) is 28.6.